The molecule has 2 N–H and O–H groups in total. The first kappa shape index (κ1) is 20.0. The quantitative estimate of drug-likeness (QED) is 0.416. The number of halogens is 1. The molecule has 0 spiro atoms. The Morgan fingerprint density at radius 2 is 1.62 bits per heavy atom. The summed E-state index contributed by atoms with van der Waals surface area (Å²) in [6.07, 6.45) is 1.40. The predicted molar refractivity (Wildman–Crippen MR) is 114 cm³/mol. The first-order valence-electron chi connectivity index (χ1n) is 8.86. The van der Waals surface area contributed by atoms with Gasteiger partial charge in [-0.25, -0.2) is 0 Å². The highest BCUT2D eigenvalue weighted by atomic mass is 35.5. The normalized spacial score (nSPS) is 10.7. The highest BCUT2D eigenvalue weighted by Crippen LogP contribution is 2.22. The Balaban J connectivity index is 1.56. The van der Waals surface area contributed by atoms with Crippen molar-refractivity contribution in [3.63, 3.8) is 0 Å². The molecule has 0 fully saturated rings. The molecule has 144 valence electrons. The zero-order valence-corrected chi connectivity index (χ0v) is 16.2. The van der Waals surface area contributed by atoms with E-state index in [1.807, 2.05) is 48.5 Å². The lowest BCUT2D eigenvalue weighted by Crippen LogP contribution is -2.16. The number of carbonyl (C=O) groups is 1. The molecule has 0 bridgehead atoms. The number of anilines is 1. The number of amides is 1. The minimum Gasteiger partial charge on any atom is -0.457 e. The van der Waals surface area contributed by atoms with Crippen molar-refractivity contribution in [3.05, 3.63) is 101 Å². The number of hydrogen-bond donors (Lipinski definition) is 2. The average Bonchev–Trinajstić information content (AvgIpc) is 2.74. The Kier molecular flexibility index (Phi) is 6.88. The Morgan fingerprint density at radius 3 is 2.28 bits per heavy atom. The van der Waals surface area contributed by atoms with Gasteiger partial charge < -0.3 is 15.4 Å². The fourth-order valence-electron chi connectivity index (χ4n) is 2.45. The molecule has 0 saturated carbocycles. The zero-order valence-electron chi connectivity index (χ0n) is 15.4. The highest BCUT2D eigenvalue weighted by Gasteiger charge is 2.09. The second-order valence-corrected chi connectivity index (χ2v) is 6.51. The van der Waals surface area contributed by atoms with Gasteiger partial charge in [0.15, 0.2) is 0 Å². The van der Waals surface area contributed by atoms with Crippen LogP contribution in [-0.2, 0) is 11.3 Å². The summed E-state index contributed by atoms with van der Waals surface area (Å²) >= 11 is 5.85. The molecule has 1 amide bonds. The summed E-state index contributed by atoms with van der Waals surface area (Å²) in [5.41, 5.74) is 1.52. The van der Waals surface area contributed by atoms with Crippen LogP contribution in [0.3, 0.4) is 0 Å². The largest absolute Gasteiger partial charge is 0.457 e. The van der Waals surface area contributed by atoms with E-state index in [9.17, 15) is 10.1 Å². The molecule has 0 radical (unpaired) electrons. The van der Waals surface area contributed by atoms with Gasteiger partial charge in [-0.1, -0.05) is 41.9 Å². The van der Waals surface area contributed by atoms with Crippen molar-refractivity contribution >= 4 is 23.2 Å². The number of rotatable bonds is 7. The highest BCUT2D eigenvalue weighted by molar-refractivity contribution is 6.30. The van der Waals surface area contributed by atoms with E-state index in [-0.39, 0.29) is 5.57 Å². The third kappa shape index (κ3) is 6.13. The first-order chi connectivity index (χ1) is 14.1. The van der Waals surface area contributed by atoms with Gasteiger partial charge in [0.2, 0.25) is 0 Å². The fourth-order valence-corrected chi connectivity index (χ4v) is 2.58. The lowest BCUT2D eigenvalue weighted by molar-refractivity contribution is -0.112. The zero-order chi connectivity index (χ0) is 20.5. The third-order valence-electron chi connectivity index (χ3n) is 3.92. The van der Waals surface area contributed by atoms with Crippen molar-refractivity contribution in [1.29, 1.82) is 5.26 Å². The molecule has 0 aliphatic rings. The van der Waals surface area contributed by atoms with Crippen LogP contribution in [0.1, 0.15) is 5.56 Å². The van der Waals surface area contributed by atoms with Gasteiger partial charge in [0, 0.05) is 23.5 Å². The lowest BCUT2D eigenvalue weighted by Gasteiger charge is -2.08. The number of ether oxygens (including phenoxy) is 1. The molecule has 5 nitrogen and oxygen atoms in total. The van der Waals surface area contributed by atoms with E-state index in [1.54, 1.807) is 36.4 Å². The van der Waals surface area contributed by atoms with Crippen molar-refractivity contribution < 1.29 is 9.53 Å². The SMILES string of the molecule is N#C/C(=C/NCc1ccc(Cl)cc1)C(=O)Nc1ccc(Oc2ccccc2)cc1. The van der Waals surface area contributed by atoms with Crippen LogP contribution in [0.15, 0.2) is 90.6 Å². The molecule has 0 unspecified atom stereocenters. The predicted octanol–water partition coefficient (Wildman–Crippen LogP) is 5.27. The van der Waals surface area contributed by atoms with E-state index in [4.69, 9.17) is 16.3 Å². The third-order valence-corrected chi connectivity index (χ3v) is 4.17. The summed E-state index contributed by atoms with van der Waals surface area (Å²) in [6.45, 7) is 0.473. The average molecular weight is 404 g/mol. The number of benzene rings is 3. The smallest absolute Gasteiger partial charge is 0.267 e. The summed E-state index contributed by atoms with van der Waals surface area (Å²) < 4.78 is 5.71. The van der Waals surface area contributed by atoms with Gasteiger partial charge in [0.1, 0.15) is 23.1 Å². The summed E-state index contributed by atoms with van der Waals surface area (Å²) in [5, 5.41) is 15.6. The van der Waals surface area contributed by atoms with Crippen molar-refractivity contribution in [2.75, 3.05) is 5.32 Å². The molecule has 0 saturated heterocycles. The molecule has 29 heavy (non-hydrogen) atoms. The van der Waals surface area contributed by atoms with Gasteiger partial charge >= 0.3 is 0 Å². The topological polar surface area (TPSA) is 74.2 Å². The first-order valence-corrected chi connectivity index (χ1v) is 9.24. The molecule has 0 aliphatic heterocycles. The summed E-state index contributed by atoms with van der Waals surface area (Å²) in [6, 6.07) is 25.5. The van der Waals surface area contributed by atoms with Crippen molar-refractivity contribution in [3.8, 4) is 17.6 Å². The van der Waals surface area contributed by atoms with E-state index >= 15 is 0 Å². The van der Waals surface area contributed by atoms with Crippen LogP contribution in [0.4, 0.5) is 5.69 Å². The monoisotopic (exact) mass is 403 g/mol. The molecule has 0 aromatic heterocycles. The van der Waals surface area contributed by atoms with E-state index in [1.165, 1.54) is 6.20 Å². The fraction of sp³-hybridized carbons (Fsp3) is 0.0435. The second kappa shape index (κ2) is 9.98. The van der Waals surface area contributed by atoms with Gasteiger partial charge in [-0.15, -0.1) is 0 Å². The van der Waals surface area contributed by atoms with Crippen LogP contribution in [0.2, 0.25) is 5.02 Å². The Bertz CT molecular complexity index is 1020. The number of hydrogen-bond acceptors (Lipinski definition) is 4. The molecule has 6 heteroatoms. The van der Waals surface area contributed by atoms with Gasteiger partial charge in [0.25, 0.3) is 5.91 Å². The van der Waals surface area contributed by atoms with Crippen LogP contribution in [0, 0.1) is 11.3 Å². The molecule has 0 atom stereocenters. The van der Waals surface area contributed by atoms with Gasteiger partial charge in [0.05, 0.1) is 0 Å². The molecular formula is C23H18ClN3O2. The van der Waals surface area contributed by atoms with E-state index in [2.05, 4.69) is 10.6 Å². The van der Waals surface area contributed by atoms with E-state index in [0.717, 1.165) is 11.3 Å². The van der Waals surface area contributed by atoms with Crippen LogP contribution in [0.5, 0.6) is 11.5 Å². The molecule has 0 heterocycles. The molecule has 3 aromatic carbocycles. The lowest BCUT2D eigenvalue weighted by atomic mass is 10.2. The van der Waals surface area contributed by atoms with Crippen molar-refractivity contribution in [1.82, 2.24) is 5.32 Å². The maximum absolute atomic E-state index is 12.3. The Hall–Kier alpha value is -3.75. The van der Waals surface area contributed by atoms with Crippen LogP contribution in [0.25, 0.3) is 0 Å². The minimum atomic E-state index is -0.493. The number of nitriles is 1. The standard InChI is InChI=1S/C23H18ClN3O2/c24-19-8-6-17(7-9-19)15-26-16-18(14-25)23(28)27-20-10-12-22(13-11-20)29-21-4-2-1-3-5-21/h1-13,16,26H,15H2,(H,27,28)/b18-16-. The van der Waals surface area contributed by atoms with E-state index < -0.39 is 5.91 Å². The molecular weight excluding hydrogens is 386 g/mol. The van der Waals surface area contributed by atoms with Gasteiger partial charge in [-0.05, 0) is 54.1 Å². The Labute approximate surface area is 174 Å². The number of nitrogens with zero attached hydrogens (tertiary/aromatic N) is 1. The maximum atomic E-state index is 12.3. The minimum absolute atomic E-state index is 0.0245. The Morgan fingerprint density at radius 1 is 0.966 bits per heavy atom. The van der Waals surface area contributed by atoms with Gasteiger partial charge in [-0.3, -0.25) is 4.79 Å². The summed E-state index contributed by atoms with van der Waals surface area (Å²) in [4.78, 5) is 12.3. The molecule has 0 aliphatic carbocycles. The van der Waals surface area contributed by atoms with Gasteiger partial charge in [-0.2, -0.15) is 5.26 Å². The van der Waals surface area contributed by atoms with Crippen LogP contribution < -0.4 is 15.4 Å². The van der Waals surface area contributed by atoms with Crippen molar-refractivity contribution in [2.45, 2.75) is 6.54 Å². The summed E-state index contributed by atoms with van der Waals surface area (Å²) in [5.74, 6) is 0.883. The van der Waals surface area contributed by atoms with Crippen molar-refractivity contribution in [2.24, 2.45) is 0 Å². The maximum Gasteiger partial charge on any atom is 0.267 e. The molecule has 3 rings (SSSR count). The molecule has 3 aromatic rings. The number of nitrogens with one attached hydrogen (secondary N) is 2. The van der Waals surface area contributed by atoms with Crippen LogP contribution >= 0.6 is 11.6 Å². The summed E-state index contributed by atoms with van der Waals surface area (Å²) in [7, 11) is 0. The number of carbonyl (C=O) groups excluding carboxylic acids is 1. The van der Waals surface area contributed by atoms with Crippen LogP contribution in [-0.4, -0.2) is 5.91 Å². The number of para-hydroxylation sites is 1. The second-order valence-electron chi connectivity index (χ2n) is 6.07. The van der Waals surface area contributed by atoms with E-state index in [0.29, 0.717) is 23.0 Å².